The van der Waals surface area contributed by atoms with E-state index in [-0.39, 0.29) is 5.56 Å². The van der Waals surface area contributed by atoms with Crippen LogP contribution in [0.25, 0.3) is 5.69 Å². The molecule has 0 saturated carbocycles. The van der Waals surface area contributed by atoms with Crippen molar-refractivity contribution in [3.8, 4) is 5.69 Å². The summed E-state index contributed by atoms with van der Waals surface area (Å²) in [6, 6.07) is 13.1. The molecule has 0 fully saturated rings. The molecule has 0 radical (unpaired) electrons. The van der Waals surface area contributed by atoms with Gasteiger partial charge in [0, 0.05) is 11.6 Å². The molecular formula is C18H19N5O. The first-order valence-corrected chi connectivity index (χ1v) is 7.62. The topological polar surface area (TPSA) is 78.2 Å². The SMILES string of the molecule is Cc1cc(N)n(/N=C\c2c(C)nn(-c3ccccc3)c2C)c(=O)c1. The lowest BCUT2D eigenvalue weighted by atomic mass is 10.2. The Morgan fingerprint density at radius 1 is 1.12 bits per heavy atom. The second-order valence-corrected chi connectivity index (χ2v) is 5.68. The highest BCUT2D eigenvalue weighted by molar-refractivity contribution is 5.82. The van der Waals surface area contributed by atoms with Crippen molar-refractivity contribution in [2.24, 2.45) is 5.10 Å². The third-order valence-electron chi connectivity index (χ3n) is 3.83. The van der Waals surface area contributed by atoms with E-state index in [1.54, 1.807) is 12.3 Å². The maximum Gasteiger partial charge on any atom is 0.273 e. The number of aromatic nitrogens is 3. The Labute approximate surface area is 139 Å². The van der Waals surface area contributed by atoms with Crippen molar-refractivity contribution >= 4 is 12.0 Å². The van der Waals surface area contributed by atoms with Crippen molar-refractivity contribution in [2.75, 3.05) is 5.73 Å². The number of benzene rings is 1. The molecule has 0 spiro atoms. The molecule has 0 unspecified atom stereocenters. The normalized spacial score (nSPS) is 11.3. The molecule has 0 aliphatic heterocycles. The van der Waals surface area contributed by atoms with Gasteiger partial charge in [-0.3, -0.25) is 4.79 Å². The van der Waals surface area contributed by atoms with Crippen molar-refractivity contribution < 1.29 is 0 Å². The highest BCUT2D eigenvalue weighted by Crippen LogP contribution is 2.16. The summed E-state index contributed by atoms with van der Waals surface area (Å²) in [5.41, 5.74) is 10.1. The highest BCUT2D eigenvalue weighted by Gasteiger charge is 2.11. The summed E-state index contributed by atoms with van der Waals surface area (Å²) in [4.78, 5) is 12.0. The van der Waals surface area contributed by atoms with E-state index in [0.29, 0.717) is 5.82 Å². The standard InChI is InChI=1S/C18H19N5O/c1-12-9-17(19)23(18(24)10-12)20-11-16-13(2)21-22(14(16)3)15-7-5-4-6-8-15/h4-11H,19H2,1-3H3/b20-11-. The minimum Gasteiger partial charge on any atom is -0.384 e. The first-order chi connectivity index (χ1) is 11.5. The largest absolute Gasteiger partial charge is 0.384 e. The fourth-order valence-corrected chi connectivity index (χ4v) is 2.62. The van der Waals surface area contributed by atoms with Crippen LogP contribution in [0.1, 0.15) is 22.5 Å². The molecule has 2 heterocycles. The lowest BCUT2D eigenvalue weighted by molar-refractivity contribution is 0.833. The number of rotatable bonds is 3. The van der Waals surface area contributed by atoms with Crippen molar-refractivity contribution in [3.05, 3.63) is 75.3 Å². The molecule has 0 aliphatic rings. The van der Waals surface area contributed by atoms with Gasteiger partial charge in [0.1, 0.15) is 5.82 Å². The minimum atomic E-state index is -0.255. The van der Waals surface area contributed by atoms with Crippen LogP contribution in [-0.4, -0.2) is 20.7 Å². The van der Waals surface area contributed by atoms with Crippen LogP contribution in [0.4, 0.5) is 5.82 Å². The van der Waals surface area contributed by atoms with E-state index >= 15 is 0 Å². The number of hydrogen-bond acceptors (Lipinski definition) is 4. The predicted molar refractivity (Wildman–Crippen MR) is 95.9 cm³/mol. The van der Waals surface area contributed by atoms with Gasteiger partial charge < -0.3 is 5.73 Å². The number of para-hydroxylation sites is 1. The molecule has 2 N–H and O–H groups in total. The number of hydrogen-bond donors (Lipinski definition) is 1. The number of nitrogens with two attached hydrogens (primary N) is 1. The van der Waals surface area contributed by atoms with E-state index in [1.165, 1.54) is 10.7 Å². The molecule has 6 heteroatoms. The van der Waals surface area contributed by atoms with Gasteiger partial charge in [-0.25, -0.2) is 4.68 Å². The van der Waals surface area contributed by atoms with Gasteiger partial charge in [-0.05, 0) is 44.5 Å². The van der Waals surface area contributed by atoms with E-state index in [4.69, 9.17) is 5.73 Å². The Balaban J connectivity index is 2.03. The van der Waals surface area contributed by atoms with Crippen molar-refractivity contribution in [3.63, 3.8) is 0 Å². The highest BCUT2D eigenvalue weighted by atomic mass is 16.1. The Morgan fingerprint density at radius 2 is 1.83 bits per heavy atom. The maximum absolute atomic E-state index is 12.0. The van der Waals surface area contributed by atoms with Gasteiger partial charge in [0.15, 0.2) is 0 Å². The lowest BCUT2D eigenvalue weighted by Crippen LogP contribution is -2.19. The number of nitrogen functional groups attached to an aromatic ring is 1. The van der Waals surface area contributed by atoms with E-state index in [1.807, 2.05) is 55.8 Å². The van der Waals surface area contributed by atoms with E-state index in [9.17, 15) is 4.79 Å². The first kappa shape index (κ1) is 15.7. The molecule has 3 aromatic rings. The summed E-state index contributed by atoms with van der Waals surface area (Å²) in [5, 5.41) is 8.80. The van der Waals surface area contributed by atoms with E-state index < -0.39 is 0 Å². The van der Waals surface area contributed by atoms with Gasteiger partial charge in [-0.2, -0.15) is 14.9 Å². The molecule has 6 nitrogen and oxygen atoms in total. The van der Waals surface area contributed by atoms with Gasteiger partial charge in [0.05, 0.1) is 23.3 Å². The van der Waals surface area contributed by atoms with Crippen molar-refractivity contribution in [1.29, 1.82) is 0 Å². The van der Waals surface area contributed by atoms with Gasteiger partial charge in [0.25, 0.3) is 5.56 Å². The maximum atomic E-state index is 12.0. The van der Waals surface area contributed by atoms with Crippen LogP contribution in [0.15, 0.2) is 52.4 Å². The number of anilines is 1. The van der Waals surface area contributed by atoms with Crippen LogP contribution in [-0.2, 0) is 0 Å². The van der Waals surface area contributed by atoms with Gasteiger partial charge in [-0.1, -0.05) is 18.2 Å². The Kier molecular flexibility index (Phi) is 4.04. The molecule has 0 amide bonds. The summed E-state index contributed by atoms with van der Waals surface area (Å²) < 4.78 is 3.05. The zero-order chi connectivity index (χ0) is 17.3. The fourth-order valence-electron chi connectivity index (χ4n) is 2.62. The predicted octanol–water partition coefficient (Wildman–Crippen LogP) is 2.42. The molecule has 122 valence electrons. The van der Waals surface area contributed by atoms with Crippen LogP contribution in [0.2, 0.25) is 0 Å². The van der Waals surface area contributed by atoms with Crippen LogP contribution >= 0.6 is 0 Å². The van der Waals surface area contributed by atoms with Gasteiger partial charge in [0.2, 0.25) is 0 Å². The Bertz CT molecular complexity index is 967. The van der Waals surface area contributed by atoms with Crippen molar-refractivity contribution in [1.82, 2.24) is 14.5 Å². The zero-order valence-electron chi connectivity index (χ0n) is 13.9. The molecular weight excluding hydrogens is 302 g/mol. The van der Waals surface area contributed by atoms with Crippen LogP contribution < -0.4 is 11.3 Å². The molecule has 0 saturated heterocycles. The Morgan fingerprint density at radius 3 is 2.50 bits per heavy atom. The number of aryl methyl sites for hydroxylation is 2. The van der Waals surface area contributed by atoms with Gasteiger partial charge in [-0.15, -0.1) is 0 Å². The molecule has 2 aromatic heterocycles. The summed E-state index contributed by atoms with van der Waals surface area (Å²) in [5.74, 6) is 0.307. The summed E-state index contributed by atoms with van der Waals surface area (Å²) in [6.45, 7) is 5.70. The van der Waals surface area contributed by atoms with E-state index in [0.717, 1.165) is 28.2 Å². The van der Waals surface area contributed by atoms with Crippen molar-refractivity contribution in [2.45, 2.75) is 20.8 Å². The van der Waals surface area contributed by atoms with E-state index in [2.05, 4.69) is 10.2 Å². The molecule has 3 rings (SSSR count). The lowest BCUT2D eigenvalue weighted by Gasteiger charge is -2.04. The average molecular weight is 321 g/mol. The van der Waals surface area contributed by atoms with Crippen LogP contribution in [0, 0.1) is 20.8 Å². The average Bonchev–Trinajstić information content (AvgIpc) is 2.82. The monoisotopic (exact) mass is 321 g/mol. The molecule has 0 atom stereocenters. The second kappa shape index (κ2) is 6.16. The van der Waals surface area contributed by atoms with Gasteiger partial charge >= 0.3 is 0 Å². The minimum absolute atomic E-state index is 0.255. The zero-order valence-corrected chi connectivity index (χ0v) is 13.9. The fraction of sp³-hybridized carbons (Fsp3) is 0.167. The smallest absolute Gasteiger partial charge is 0.273 e. The Hall–Kier alpha value is -3.15. The molecule has 0 aliphatic carbocycles. The first-order valence-electron chi connectivity index (χ1n) is 7.62. The summed E-state index contributed by atoms with van der Waals surface area (Å²) in [7, 11) is 0. The summed E-state index contributed by atoms with van der Waals surface area (Å²) in [6.07, 6.45) is 1.63. The molecule has 24 heavy (non-hydrogen) atoms. The number of nitrogens with zero attached hydrogens (tertiary/aromatic N) is 4. The van der Waals surface area contributed by atoms with Crippen LogP contribution in [0.5, 0.6) is 0 Å². The molecule has 0 bridgehead atoms. The number of pyridine rings is 1. The third-order valence-corrected chi connectivity index (χ3v) is 3.83. The summed E-state index contributed by atoms with van der Waals surface area (Å²) >= 11 is 0. The second-order valence-electron chi connectivity index (χ2n) is 5.68. The quantitative estimate of drug-likeness (QED) is 0.753. The molecule has 1 aromatic carbocycles. The van der Waals surface area contributed by atoms with Crippen LogP contribution in [0.3, 0.4) is 0 Å². The third kappa shape index (κ3) is 2.86.